The maximum absolute atomic E-state index is 5.32. The number of nitrogens with two attached hydrogens (primary N) is 1. The van der Waals surface area contributed by atoms with Crippen LogP contribution >= 0.6 is 11.8 Å². The Bertz CT molecular complexity index is 301. The van der Waals surface area contributed by atoms with Crippen LogP contribution in [0.5, 0.6) is 0 Å². The second-order valence-corrected chi connectivity index (χ2v) is 3.82. The highest BCUT2D eigenvalue weighted by molar-refractivity contribution is 7.98. The lowest BCUT2D eigenvalue weighted by Gasteiger charge is -2.08. The maximum Gasteiger partial charge on any atom is 0.191 e. The minimum absolute atomic E-state index is 0.605. The van der Waals surface area contributed by atoms with E-state index in [1.54, 1.807) is 13.2 Å². The molecular weight excluding hydrogens is 226 g/mol. The minimum atomic E-state index is 0.605. The van der Waals surface area contributed by atoms with Gasteiger partial charge in [-0.3, -0.25) is 0 Å². The highest BCUT2D eigenvalue weighted by Gasteiger charge is 2.02. The zero-order valence-corrected chi connectivity index (χ0v) is 10.3. The summed E-state index contributed by atoms with van der Waals surface area (Å²) >= 11 is 1.47. The van der Waals surface area contributed by atoms with Gasteiger partial charge >= 0.3 is 0 Å². The lowest BCUT2D eigenvalue weighted by atomic mass is 10.4. The molecular formula is C9H17N5OS. The second kappa shape index (κ2) is 7.26. The van der Waals surface area contributed by atoms with Crippen LogP contribution in [0.2, 0.25) is 0 Å². The standard InChI is InChI=1S/C9H17N5OS/c1-15-5-3-4-11-7-6-8(14-10)13-9(12-7)16-2/h6H,3-5,10H2,1-2H3,(H2,11,12,13,14). The number of aromatic nitrogens is 2. The van der Waals surface area contributed by atoms with E-state index in [1.807, 2.05) is 6.26 Å². The van der Waals surface area contributed by atoms with Crippen molar-refractivity contribution in [1.82, 2.24) is 9.97 Å². The molecule has 1 heterocycles. The first kappa shape index (κ1) is 13.0. The molecule has 4 N–H and O–H groups in total. The van der Waals surface area contributed by atoms with Crippen LogP contribution in [-0.4, -0.2) is 36.5 Å². The molecule has 0 radical (unpaired) electrons. The summed E-state index contributed by atoms with van der Waals surface area (Å²) in [6.45, 7) is 1.54. The van der Waals surface area contributed by atoms with Gasteiger partial charge in [0.1, 0.15) is 11.6 Å². The maximum atomic E-state index is 5.32. The smallest absolute Gasteiger partial charge is 0.191 e. The first-order valence-electron chi connectivity index (χ1n) is 4.92. The lowest BCUT2D eigenvalue weighted by molar-refractivity contribution is 0.197. The normalized spacial score (nSPS) is 10.2. The van der Waals surface area contributed by atoms with E-state index in [-0.39, 0.29) is 0 Å². The van der Waals surface area contributed by atoms with Crippen molar-refractivity contribution < 1.29 is 4.74 Å². The van der Waals surface area contributed by atoms with E-state index in [0.29, 0.717) is 11.0 Å². The number of thioether (sulfide) groups is 1. The summed E-state index contributed by atoms with van der Waals surface area (Å²) in [5.41, 5.74) is 2.51. The molecule has 1 rings (SSSR count). The second-order valence-electron chi connectivity index (χ2n) is 3.04. The molecule has 1 aromatic rings. The van der Waals surface area contributed by atoms with Crippen molar-refractivity contribution in [2.75, 3.05) is 37.3 Å². The molecule has 0 amide bonds. The van der Waals surface area contributed by atoms with Gasteiger partial charge in [-0.05, 0) is 12.7 Å². The molecule has 0 aliphatic heterocycles. The molecule has 1 aromatic heterocycles. The van der Waals surface area contributed by atoms with Gasteiger partial charge in [0.2, 0.25) is 0 Å². The summed E-state index contributed by atoms with van der Waals surface area (Å²) in [4.78, 5) is 8.47. The quantitative estimate of drug-likeness (QED) is 0.216. The van der Waals surface area contributed by atoms with Crippen LogP contribution in [0.3, 0.4) is 0 Å². The van der Waals surface area contributed by atoms with Crippen LogP contribution in [0.1, 0.15) is 6.42 Å². The number of hydrogen-bond donors (Lipinski definition) is 3. The van der Waals surface area contributed by atoms with Gasteiger partial charge in [-0.1, -0.05) is 11.8 Å². The Kier molecular flexibility index (Phi) is 5.91. The van der Waals surface area contributed by atoms with E-state index in [9.17, 15) is 0 Å². The van der Waals surface area contributed by atoms with Gasteiger partial charge in [-0.25, -0.2) is 15.8 Å². The van der Waals surface area contributed by atoms with Crippen LogP contribution in [0.25, 0.3) is 0 Å². The van der Waals surface area contributed by atoms with Gasteiger partial charge in [0.15, 0.2) is 5.16 Å². The van der Waals surface area contributed by atoms with Crippen LogP contribution in [0.4, 0.5) is 11.6 Å². The average molecular weight is 243 g/mol. The zero-order valence-electron chi connectivity index (χ0n) is 9.49. The van der Waals surface area contributed by atoms with E-state index in [4.69, 9.17) is 10.6 Å². The molecule has 0 saturated heterocycles. The molecule has 0 aliphatic rings. The van der Waals surface area contributed by atoms with Gasteiger partial charge in [0.05, 0.1) is 0 Å². The fraction of sp³-hybridized carbons (Fsp3) is 0.556. The van der Waals surface area contributed by atoms with E-state index < -0.39 is 0 Å². The number of hydrazine groups is 1. The number of methoxy groups -OCH3 is 1. The Balaban J connectivity index is 2.57. The highest BCUT2D eigenvalue weighted by atomic mass is 32.2. The van der Waals surface area contributed by atoms with Crippen molar-refractivity contribution in [1.29, 1.82) is 0 Å². The molecule has 0 fully saturated rings. The van der Waals surface area contributed by atoms with Crippen molar-refractivity contribution >= 4 is 23.4 Å². The molecule has 0 spiro atoms. The Labute approximate surface area is 99.3 Å². The Morgan fingerprint density at radius 2 is 2.19 bits per heavy atom. The molecule has 0 aliphatic carbocycles. The molecule has 0 bridgehead atoms. The van der Waals surface area contributed by atoms with E-state index in [1.165, 1.54) is 11.8 Å². The molecule has 7 heteroatoms. The van der Waals surface area contributed by atoms with E-state index >= 15 is 0 Å². The van der Waals surface area contributed by atoms with E-state index in [2.05, 4.69) is 20.7 Å². The summed E-state index contributed by atoms with van der Waals surface area (Å²) in [5.74, 6) is 6.69. The summed E-state index contributed by atoms with van der Waals surface area (Å²) in [7, 11) is 1.69. The SMILES string of the molecule is COCCCNc1cc(NN)nc(SC)n1. The lowest BCUT2D eigenvalue weighted by Crippen LogP contribution is -2.12. The van der Waals surface area contributed by atoms with Crippen molar-refractivity contribution in [2.45, 2.75) is 11.6 Å². The Morgan fingerprint density at radius 1 is 1.44 bits per heavy atom. The van der Waals surface area contributed by atoms with Gasteiger partial charge in [0.25, 0.3) is 0 Å². The van der Waals surface area contributed by atoms with Gasteiger partial charge < -0.3 is 15.5 Å². The van der Waals surface area contributed by atoms with Gasteiger partial charge in [-0.2, -0.15) is 0 Å². The largest absolute Gasteiger partial charge is 0.385 e. The number of ether oxygens (including phenoxy) is 1. The minimum Gasteiger partial charge on any atom is -0.385 e. The van der Waals surface area contributed by atoms with Crippen LogP contribution < -0.4 is 16.6 Å². The summed E-state index contributed by atoms with van der Waals surface area (Å²) < 4.78 is 4.96. The third-order valence-corrected chi connectivity index (χ3v) is 2.42. The van der Waals surface area contributed by atoms with Crippen LogP contribution in [0.15, 0.2) is 11.2 Å². The first-order chi connectivity index (χ1) is 7.80. The summed E-state index contributed by atoms with van der Waals surface area (Å²) in [6.07, 6.45) is 2.85. The molecule has 16 heavy (non-hydrogen) atoms. The van der Waals surface area contributed by atoms with Crippen molar-refractivity contribution in [3.05, 3.63) is 6.07 Å². The number of nitrogens with one attached hydrogen (secondary N) is 2. The monoisotopic (exact) mass is 243 g/mol. The molecule has 0 atom stereocenters. The van der Waals surface area contributed by atoms with Gasteiger partial charge in [-0.15, -0.1) is 0 Å². The fourth-order valence-corrected chi connectivity index (χ4v) is 1.49. The summed E-state index contributed by atoms with van der Waals surface area (Å²) in [5, 5.41) is 3.87. The van der Waals surface area contributed by atoms with Crippen molar-refractivity contribution in [3.63, 3.8) is 0 Å². The predicted molar refractivity (Wildman–Crippen MR) is 66.6 cm³/mol. The Hall–Kier alpha value is -1.05. The molecule has 0 unspecified atom stereocenters. The molecule has 0 aromatic carbocycles. The third-order valence-electron chi connectivity index (χ3n) is 1.87. The van der Waals surface area contributed by atoms with Crippen LogP contribution in [0, 0.1) is 0 Å². The third kappa shape index (κ3) is 4.21. The van der Waals surface area contributed by atoms with Gasteiger partial charge in [0, 0.05) is 26.3 Å². The topological polar surface area (TPSA) is 85.1 Å². The molecule has 90 valence electrons. The van der Waals surface area contributed by atoms with E-state index in [0.717, 1.165) is 25.4 Å². The number of hydrogen-bond acceptors (Lipinski definition) is 7. The average Bonchev–Trinajstić information content (AvgIpc) is 2.34. The van der Waals surface area contributed by atoms with Crippen LogP contribution in [-0.2, 0) is 4.74 Å². The Morgan fingerprint density at radius 3 is 2.81 bits per heavy atom. The predicted octanol–water partition coefficient (Wildman–Crippen LogP) is 0.933. The zero-order chi connectivity index (χ0) is 11.8. The first-order valence-corrected chi connectivity index (χ1v) is 6.15. The number of anilines is 2. The fourth-order valence-electron chi connectivity index (χ4n) is 1.11. The number of nitrogen functional groups attached to an aromatic ring is 1. The highest BCUT2D eigenvalue weighted by Crippen LogP contribution is 2.16. The molecule has 6 nitrogen and oxygen atoms in total. The molecule has 0 saturated carbocycles. The number of rotatable bonds is 7. The van der Waals surface area contributed by atoms with Crippen molar-refractivity contribution in [3.8, 4) is 0 Å². The number of nitrogens with zero attached hydrogens (tertiary/aromatic N) is 2. The van der Waals surface area contributed by atoms with Crippen molar-refractivity contribution in [2.24, 2.45) is 5.84 Å². The summed E-state index contributed by atoms with van der Waals surface area (Å²) in [6, 6.07) is 1.77.